The van der Waals surface area contributed by atoms with E-state index < -0.39 is 11.7 Å². The molecule has 9 heavy (non-hydrogen) atoms. The summed E-state index contributed by atoms with van der Waals surface area (Å²) in [7, 11) is 0. The number of hydrogen-bond donors (Lipinski definition) is 1. The van der Waals surface area contributed by atoms with Gasteiger partial charge in [-0.05, 0) is 6.08 Å². The van der Waals surface area contributed by atoms with E-state index in [-0.39, 0.29) is 13.1 Å². The van der Waals surface area contributed by atoms with Crippen molar-refractivity contribution in [3.8, 4) is 0 Å². The molecule has 1 nitrogen and oxygen atoms in total. The zero-order valence-corrected chi connectivity index (χ0v) is 4.55. The van der Waals surface area contributed by atoms with Crippen LogP contribution in [0.1, 0.15) is 0 Å². The fourth-order valence-corrected chi connectivity index (χ4v) is 0.620. The summed E-state index contributed by atoms with van der Waals surface area (Å²) in [4.78, 5) is 0. The zero-order chi connectivity index (χ0) is 6.91. The highest BCUT2D eigenvalue weighted by molar-refractivity contribution is 5.11. The van der Waals surface area contributed by atoms with Crippen LogP contribution in [0.15, 0.2) is 5.57 Å². The molecule has 0 aliphatic carbocycles. The average Bonchev–Trinajstić information content (AvgIpc) is 2.08. The number of rotatable bonds is 0. The van der Waals surface area contributed by atoms with Gasteiger partial charge < -0.3 is 5.32 Å². The monoisotopic (exact) mass is 136 g/mol. The highest BCUT2D eigenvalue weighted by atomic mass is 19.4. The predicted octanol–water partition coefficient (Wildman–Crippen LogP) is 0.881. The SMILES string of the molecule is FC(F)(F)C1=[C]CNC1. The van der Waals surface area contributed by atoms with Crippen LogP contribution in [-0.2, 0) is 0 Å². The van der Waals surface area contributed by atoms with Crippen LogP contribution >= 0.6 is 0 Å². The highest BCUT2D eigenvalue weighted by Crippen LogP contribution is 2.25. The van der Waals surface area contributed by atoms with Gasteiger partial charge in [0, 0.05) is 13.1 Å². The summed E-state index contributed by atoms with van der Waals surface area (Å²) in [5.74, 6) is 0. The second kappa shape index (κ2) is 2.02. The van der Waals surface area contributed by atoms with E-state index in [0.29, 0.717) is 0 Å². The lowest BCUT2D eigenvalue weighted by atomic mass is 10.3. The van der Waals surface area contributed by atoms with E-state index in [1.54, 1.807) is 0 Å². The van der Waals surface area contributed by atoms with Crippen molar-refractivity contribution in [1.82, 2.24) is 5.32 Å². The molecule has 0 unspecified atom stereocenters. The predicted molar refractivity (Wildman–Crippen MR) is 25.7 cm³/mol. The van der Waals surface area contributed by atoms with Crippen LogP contribution in [0.2, 0.25) is 0 Å². The van der Waals surface area contributed by atoms with Gasteiger partial charge >= 0.3 is 6.18 Å². The molecule has 1 radical (unpaired) electrons. The summed E-state index contributed by atoms with van der Waals surface area (Å²) >= 11 is 0. The first-order valence-corrected chi connectivity index (χ1v) is 2.48. The standard InChI is InChI=1S/C5H5F3N/c6-5(7,8)4-1-2-9-3-4/h9H,2-3H2. The van der Waals surface area contributed by atoms with E-state index in [1.165, 1.54) is 0 Å². The molecule has 0 aromatic rings. The quantitative estimate of drug-likeness (QED) is 0.521. The summed E-state index contributed by atoms with van der Waals surface area (Å²) in [6, 6.07) is 0. The lowest BCUT2D eigenvalue weighted by Crippen LogP contribution is -2.17. The van der Waals surface area contributed by atoms with Crippen LogP contribution in [0.25, 0.3) is 0 Å². The maximum Gasteiger partial charge on any atom is 0.414 e. The third-order valence-electron chi connectivity index (χ3n) is 1.07. The van der Waals surface area contributed by atoms with Gasteiger partial charge in [-0.3, -0.25) is 0 Å². The number of halogens is 3. The van der Waals surface area contributed by atoms with Crippen molar-refractivity contribution in [1.29, 1.82) is 0 Å². The zero-order valence-electron chi connectivity index (χ0n) is 4.55. The van der Waals surface area contributed by atoms with Crippen LogP contribution in [-0.4, -0.2) is 19.3 Å². The molecule has 1 heterocycles. The third-order valence-corrected chi connectivity index (χ3v) is 1.07. The molecule has 0 saturated heterocycles. The van der Waals surface area contributed by atoms with Gasteiger partial charge in [0.2, 0.25) is 0 Å². The van der Waals surface area contributed by atoms with Gasteiger partial charge in [-0.25, -0.2) is 0 Å². The summed E-state index contributed by atoms with van der Waals surface area (Å²) in [5.41, 5.74) is -0.581. The van der Waals surface area contributed by atoms with E-state index in [1.807, 2.05) is 0 Å². The molecule has 4 heteroatoms. The Morgan fingerprint density at radius 1 is 1.44 bits per heavy atom. The molecule has 0 atom stereocenters. The molecule has 0 saturated carbocycles. The Morgan fingerprint density at radius 3 is 2.33 bits per heavy atom. The second-order valence-electron chi connectivity index (χ2n) is 1.76. The smallest absolute Gasteiger partial charge is 0.309 e. The molecule has 0 aromatic carbocycles. The molecule has 1 aliphatic rings. The largest absolute Gasteiger partial charge is 0.414 e. The second-order valence-corrected chi connectivity index (χ2v) is 1.76. The molecule has 51 valence electrons. The van der Waals surface area contributed by atoms with Crippen molar-refractivity contribution in [2.24, 2.45) is 0 Å². The Balaban J connectivity index is 2.61. The first kappa shape index (κ1) is 6.61. The van der Waals surface area contributed by atoms with Crippen LogP contribution in [0, 0.1) is 6.08 Å². The number of hydrogen-bond acceptors (Lipinski definition) is 1. The van der Waals surface area contributed by atoms with Crippen LogP contribution in [0.3, 0.4) is 0 Å². The van der Waals surface area contributed by atoms with Gasteiger partial charge in [0.25, 0.3) is 0 Å². The molecule has 1 N–H and O–H groups in total. The molecule has 0 aromatic heterocycles. The van der Waals surface area contributed by atoms with E-state index in [4.69, 9.17) is 0 Å². The van der Waals surface area contributed by atoms with Gasteiger partial charge in [0.1, 0.15) is 0 Å². The van der Waals surface area contributed by atoms with Gasteiger partial charge in [-0.1, -0.05) is 0 Å². The van der Waals surface area contributed by atoms with Gasteiger partial charge in [-0.2, -0.15) is 13.2 Å². The van der Waals surface area contributed by atoms with Crippen LogP contribution in [0.4, 0.5) is 13.2 Å². The molecular weight excluding hydrogens is 131 g/mol. The van der Waals surface area contributed by atoms with Crippen molar-refractivity contribution in [2.45, 2.75) is 6.18 Å². The van der Waals surface area contributed by atoms with Crippen molar-refractivity contribution < 1.29 is 13.2 Å². The van der Waals surface area contributed by atoms with E-state index in [0.717, 1.165) is 0 Å². The van der Waals surface area contributed by atoms with Crippen molar-refractivity contribution in [3.05, 3.63) is 11.6 Å². The Labute approximate surface area is 50.6 Å². The minimum Gasteiger partial charge on any atom is -0.309 e. The minimum absolute atomic E-state index is 0.0938. The lowest BCUT2D eigenvalue weighted by molar-refractivity contribution is -0.0922. The van der Waals surface area contributed by atoms with Gasteiger partial charge in [0.05, 0.1) is 5.57 Å². The number of nitrogens with one attached hydrogen (secondary N) is 1. The third kappa shape index (κ3) is 1.45. The Morgan fingerprint density at radius 2 is 2.11 bits per heavy atom. The van der Waals surface area contributed by atoms with Crippen molar-refractivity contribution >= 4 is 0 Å². The summed E-state index contributed by atoms with van der Waals surface area (Å²) in [6.07, 6.45) is -2.00. The van der Waals surface area contributed by atoms with Crippen LogP contribution < -0.4 is 5.32 Å². The van der Waals surface area contributed by atoms with Gasteiger partial charge in [-0.15, -0.1) is 0 Å². The summed E-state index contributed by atoms with van der Waals surface area (Å²) in [5, 5.41) is 2.51. The maximum atomic E-state index is 11.6. The number of alkyl halides is 3. The van der Waals surface area contributed by atoms with Crippen molar-refractivity contribution in [2.75, 3.05) is 13.1 Å². The molecule has 0 bridgehead atoms. The first-order valence-electron chi connectivity index (χ1n) is 2.48. The minimum atomic E-state index is -4.18. The molecule has 1 aliphatic heterocycles. The van der Waals surface area contributed by atoms with E-state index in [9.17, 15) is 13.2 Å². The van der Waals surface area contributed by atoms with Gasteiger partial charge in [0.15, 0.2) is 0 Å². The molecule has 0 amide bonds. The van der Waals surface area contributed by atoms with E-state index in [2.05, 4.69) is 11.4 Å². The topological polar surface area (TPSA) is 12.0 Å². The van der Waals surface area contributed by atoms with Crippen molar-refractivity contribution in [3.63, 3.8) is 0 Å². The molecular formula is C5H5F3N. The van der Waals surface area contributed by atoms with Crippen LogP contribution in [0.5, 0.6) is 0 Å². The fourth-order valence-electron chi connectivity index (χ4n) is 0.620. The Hall–Kier alpha value is -0.510. The van der Waals surface area contributed by atoms with E-state index >= 15 is 0 Å². The molecule has 0 fully saturated rings. The highest BCUT2D eigenvalue weighted by Gasteiger charge is 2.34. The summed E-state index contributed by atoms with van der Waals surface area (Å²) < 4.78 is 34.9. The Bertz CT molecular complexity index is 136. The average molecular weight is 136 g/mol. The normalized spacial score (nSPS) is 20.1. The summed E-state index contributed by atoms with van der Waals surface area (Å²) in [6.45, 7) is 0.123. The fraction of sp³-hybridized carbons (Fsp3) is 0.600. The lowest BCUT2D eigenvalue weighted by Gasteiger charge is -2.04. The molecule has 1 rings (SSSR count). The maximum absolute atomic E-state index is 11.6. The molecule has 0 spiro atoms. The first-order chi connectivity index (χ1) is 4.11. The Kier molecular flexibility index (Phi) is 1.48.